The zero-order valence-electron chi connectivity index (χ0n) is 14.7. The molecule has 2 unspecified atom stereocenters. The summed E-state index contributed by atoms with van der Waals surface area (Å²) in [6.07, 6.45) is -0.450. The minimum absolute atomic E-state index is 0.00248. The van der Waals surface area contributed by atoms with Crippen LogP contribution in [0.3, 0.4) is 0 Å². The molecular formula is C17H27FN2O3. The fraction of sp³-hybridized carbons (Fsp3) is 0.588. The van der Waals surface area contributed by atoms with Gasteiger partial charge in [-0.3, -0.25) is 0 Å². The van der Waals surface area contributed by atoms with Crippen molar-refractivity contribution in [3.8, 4) is 5.75 Å². The summed E-state index contributed by atoms with van der Waals surface area (Å²) in [5, 5.41) is 6.01. The topological polar surface area (TPSA) is 59.6 Å². The monoisotopic (exact) mass is 326 g/mol. The number of carbonyl (C=O) groups excluding carboxylic acids is 1. The molecule has 0 radical (unpaired) electrons. The van der Waals surface area contributed by atoms with Crippen molar-refractivity contribution < 1.29 is 18.7 Å². The van der Waals surface area contributed by atoms with Gasteiger partial charge in [-0.1, -0.05) is 6.07 Å². The van der Waals surface area contributed by atoms with E-state index in [1.54, 1.807) is 6.07 Å². The number of rotatable bonds is 6. The predicted octanol–water partition coefficient (Wildman–Crippen LogP) is 3.40. The molecule has 1 aromatic rings. The van der Waals surface area contributed by atoms with E-state index in [4.69, 9.17) is 9.47 Å². The lowest BCUT2D eigenvalue weighted by molar-refractivity contribution is 0.0522. The van der Waals surface area contributed by atoms with Crippen molar-refractivity contribution in [3.63, 3.8) is 0 Å². The maximum Gasteiger partial charge on any atom is 0.407 e. The quantitative estimate of drug-likeness (QED) is 0.841. The van der Waals surface area contributed by atoms with E-state index in [1.165, 1.54) is 13.2 Å². The second kappa shape index (κ2) is 8.15. The number of carbonyl (C=O) groups is 1. The number of benzene rings is 1. The van der Waals surface area contributed by atoms with Crippen LogP contribution in [0.15, 0.2) is 18.2 Å². The number of hydrogen-bond donors (Lipinski definition) is 2. The van der Waals surface area contributed by atoms with Crippen molar-refractivity contribution in [1.82, 2.24) is 10.6 Å². The summed E-state index contributed by atoms with van der Waals surface area (Å²) < 4.78 is 23.8. The van der Waals surface area contributed by atoms with Gasteiger partial charge in [0.2, 0.25) is 0 Å². The van der Waals surface area contributed by atoms with Gasteiger partial charge in [-0.15, -0.1) is 0 Å². The lowest BCUT2D eigenvalue weighted by Crippen LogP contribution is -2.41. The minimum Gasteiger partial charge on any atom is -0.494 e. The maximum absolute atomic E-state index is 13.7. The highest BCUT2D eigenvalue weighted by atomic mass is 19.1. The first-order valence-corrected chi connectivity index (χ1v) is 7.68. The normalized spacial score (nSPS) is 14.0. The molecule has 5 nitrogen and oxygen atoms in total. The van der Waals surface area contributed by atoms with Gasteiger partial charge in [0.15, 0.2) is 11.6 Å². The minimum atomic E-state index is -0.519. The third kappa shape index (κ3) is 6.86. The van der Waals surface area contributed by atoms with Crippen molar-refractivity contribution in [2.24, 2.45) is 0 Å². The van der Waals surface area contributed by atoms with E-state index in [0.717, 1.165) is 5.56 Å². The fourth-order valence-corrected chi connectivity index (χ4v) is 2.08. The summed E-state index contributed by atoms with van der Waals surface area (Å²) in [7, 11) is 1.43. The summed E-state index contributed by atoms with van der Waals surface area (Å²) in [5.74, 6) is -0.168. The van der Waals surface area contributed by atoms with Crippen molar-refractivity contribution in [2.75, 3.05) is 13.7 Å². The first-order valence-electron chi connectivity index (χ1n) is 7.68. The third-order valence-electron chi connectivity index (χ3n) is 3.16. The van der Waals surface area contributed by atoms with Crippen LogP contribution in [0.2, 0.25) is 0 Å². The first-order chi connectivity index (χ1) is 10.6. The van der Waals surface area contributed by atoms with Crippen LogP contribution in [0.4, 0.5) is 9.18 Å². The van der Waals surface area contributed by atoms with Crippen LogP contribution < -0.4 is 15.4 Å². The second-order valence-corrected chi connectivity index (χ2v) is 6.57. The average molecular weight is 326 g/mol. The molecule has 0 bridgehead atoms. The average Bonchev–Trinajstić information content (AvgIpc) is 2.43. The largest absolute Gasteiger partial charge is 0.494 e. The molecule has 0 spiro atoms. The molecule has 0 aliphatic heterocycles. The van der Waals surface area contributed by atoms with Crippen LogP contribution in [0.1, 0.15) is 46.2 Å². The molecule has 0 aromatic heterocycles. The number of alkyl carbamates (subject to hydrolysis) is 1. The molecule has 1 amide bonds. The summed E-state index contributed by atoms with van der Waals surface area (Å²) >= 11 is 0. The predicted molar refractivity (Wildman–Crippen MR) is 88.2 cm³/mol. The highest BCUT2D eigenvalue weighted by Gasteiger charge is 2.17. The van der Waals surface area contributed by atoms with Gasteiger partial charge in [-0.25, -0.2) is 9.18 Å². The molecule has 130 valence electrons. The number of methoxy groups -OCH3 is 1. The Bertz CT molecular complexity index is 529. The Balaban J connectivity index is 2.49. The molecule has 0 saturated carbocycles. The van der Waals surface area contributed by atoms with Crippen molar-refractivity contribution in [2.45, 2.75) is 52.3 Å². The molecular weight excluding hydrogens is 299 g/mol. The van der Waals surface area contributed by atoms with Crippen LogP contribution >= 0.6 is 0 Å². The Hall–Kier alpha value is -1.82. The smallest absolute Gasteiger partial charge is 0.407 e. The Labute approximate surface area is 137 Å². The molecule has 0 fully saturated rings. The second-order valence-electron chi connectivity index (χ2n) is 6.57. The molecule has 0 saturated heterocycles. The van der Waals surface area contributed by atoms with Gasteiger partial charge in [0, 0.05) is 18.6 Å². The van der Waals surface area contributed by atoms with E-state index in [2.05, 4.69) is 10.6 Å². The van der Waals surface area contributed by atoms with Crippen molar-refractivity contribution in [1.29, 1.82) is 0 Å². The summed E-state index contributed by atoms with van der Waals surface area (Å²) in [4.78, 5) is 11.6. The van der Waals surface area contributed by atoms with Crippen LogP contribution in [0, 0.1) is 5.82 Å². The van der Waals surface area contributed by atoms with Gasteiger partial charge in [-0.05, 0) is 52.3 Å². The van der Waals surface area contributed by atoms with E-state index in [-0.39, 0.29) is 17.8 Å². The van der Waals surface area contributed by atoms with E-state index in [1.807, 2.05) is 40.7 Å². The van der Waals surface area contributed by atoms with E-state index in [0.29, 0.717) is 6.54 Å². The standard InChI is InChI=1S/C17H27FN2O3/c1-11(10-19-16(21)23-17(3,4)5)20-12(2)13-7-8-15(22-6)14(18)9-13/h7-9,11-12,20H,10H2,1-6H3,(H,19,21). The van der Waals surface area contributed by atoms with Crippen LogP contribution in [-0.4, -0.2) is 31.4 Å². The van der Waals surface area contributed by atoms with E-state index in [9.17, 15) is 9.18 Å². The molecule has 0 aliphatic rings. The molecule has 1 aromatic carbocycles. The SMILES string of the molecule is COc1ccc(C(C)NC(C)CNC(=O)OC(C)(C)C)cc1F. The van der Waals surface area contributed by atoms with Gasteiger partial charge in [0.1, 0.15) is 5.60 Å². The molecule has 0 heterocycles. The summed E-state index contributed by atoms with van der Waals surface area (Å²) in [6, 6.07) is 4.80. The van der Waals surface area contributed by atoms with Crippen LogP contribution in [0.5, 0.6) is 5.75 Å². The third-order valence-corrected chi connectivity index (χ3v) is 3.16. The maximum atomic E-state index is 13.7. The van der Waals surface area contributed by atoms with Gasteiger partial charge in [0.05, 0.1) is 7.11 Å². The Morgan fingerprint density at radius 1 is 1.30 bits per heavy atom. The first kappa shape index (κ1) is 19.2. The Morgan fingerprint density at radius 3 is 2.48 bits per heavy atom. The lowest BCUT2D eigenvalue weighted by Gasteiger charge is -2.23. The zero-order valence-corrected chi connectivity index (χ0v) is 14.7. The van der Waals surface area contributed by atoms with Crippen molar-refractivity contribution >= 4 is 6.09 Å². The molecule has 2 atom stereocenters. The Morgan fingerprint density at radius 2 is 1.96 bits per heavy atom. The van der Waals surface area contributed by atoms with Gasteiger partial charge in [-0.2, -0.15) is 0 Å². The summed E-state index contributed by atoms with van der Waals surface area (Å²) in [6.45, 7) is 9.73. The number of amides is 1. The number of nitrogens with one attached hydrogen (secondary N) is 2. The van der Waals surface area contributed by atoms with Crippen LogP contribution in [-0.2, 0) is 4.74 Å². The fourth-order valence-electron chi connectivity index (χ4n) is 2.08. The van der Waals surface area contributed by atoms with Gasteiger partial charge < -0.3 is 20.1 Å². The molecule has 23 heavy (non-hydrogen) atoms. The number of ether oxygens (including phenoxy) is 2. The van der Waals surface area contributed by atoms with E-state index < -0.39 is 17.5 Å². The molecule has 6 heteroatoms. The lowest BCUT2D eigenvalue weighted by atomic mass is 10.1. The van der Waals surface area contributed by atoms with Gasteiger partial charge in [0.25, 0.3) is 0 Å². The number of hydrogen-bond acceptors (Lipinski definition) is 4. The Kier molecular flexibility index (Phi) is 6.81. The number of halogens is 1. The summed E-state index contributed by atoms with van der Waals surface area (Å²) in [5.41, 5.74) is 0.293. The highest BCUT2D eigenvalue weighted by Crippen LogP contribution is 2.21. The highest BCUT2D eigenvalue weighted by molar-refractivity contribution is 5.67. The van der Waals surface area contributed by atoms with Crippen LogP contribution in [0.25, 0.3) is 0 Å². The van der Waals surface area contributed by atoms with Crippen molar-refractivity contribution in [3.05, 3.63) is 29.6 Å². The molecule has 2 N–H and O–H groups in total. The molecule has 1 rings (SSSR count). The molecule has 0 aliphatic carbocycles. The van der Waals surface area contributed by atoms with Gasteiger partial charge >= 0.3 is 6.09 Å². The zero-order chi connectivity index (χ0) is 17.6. The van der Waals surface area contributed by atoms with E-state index >= 15 is 0 Å².